The Morgan fingerprint density at radius 1 is 1.28 bits per heavy atom. The highest BCUT2D eigenvalue weighted by Gasteiger charge is 2.04. The SMILES string of the molecule is CC(C)n1ccnc1NCCc1ccc(Cl)cc1. The lowest BCUT2D eigenvalue weighted by molar-refractivity contribution is 0.604. The van der Waals surface area contributed by atoms with E-state index in [0.717, 1.165) is 23.9 Å². The number of benzene rings is 1. The van der Waals surface area contributed by atoms with Crippen LogP contribution in [0.5, 0.6) is 0 Å². The zero-order valence-electron chi connectivity index (χ0n) is 10.7. The van der Waals surface area contributed by atoms with Gasteiger partial charge in [-0.15, -0.1) is 0 Å². The Kier molecular flexibility index (Phi) is 4.26. The van der Waals surface area contributed by atoms with Crippen molar-refractivity contribution in [3.8, 4) is 0 Å². The smallest absolute Gasteiger partial charge is 0.203 e. The summed E-state index contributed by atoms with van der Waals surface area (Å²) in [6.45, 7) is 5.16. The van der Waals surface area contributed by atoms with E-state index in [2.05, 4.69) is 40.8 Å². The van der Waals surface area contributed by atoms with Gasteiger partial charge >= 0.3 is 0 Å². The van der Waals surface area contributed by atoms with Gasteiger partial charge in [-0.1, -0.05) is 23.7 Å². The summed E-state index contributed by atoms with van der Waals surface area (Å²) >= 11 is 5.85. The molecule has 4 heteroatoms. The summed E-state index contributed by atoms with van der Waals surface area (Å²) in [4.78, 5) is 4.31. The van der Waals surface area contributed by atoms with Gasteiger partial charge in [0.15, 0.2) is 0 Å². The zero-order chi connectivity index (χ0) is 13.0. The summed E-state index contributed by atoms with van der Waals surface area (Å²) < 4.78 is 2.13. The molecule has 2 aromatic rings. The maximum atomic E-state index is 5.85. The first-order valence-electron chi connectivity index (χ1n) is 6.18. The van der Waals surface area contributed by atoms with E-state index in [9.17, 15) is 0 Å². The number of halogens is 1. The zero-order valence-corrected chi connectivity index (χ0v) is 11.5. The minimum Gasteiger partial charge on any atom is -0.355 e. The molecule has 2 rings (SSSR count). The molecule has 0 aliphatic rings. The van der Waals surface area contributed by atoms with E-state index in [-0.39, 0.29) is 0 Å². The van der Waals surface area contributed by atoms with Crippen LogP contribution in [0.15, 0.2) is 36.7 Å². The number of nitrogens with zero attached hydrogens (tertiary/aromatic N) is 2. The number of nitrogens with one attached hydrogen (secondary N) is 1. The molecule has 1 aromatic heterocycles. The number of anilines is 1. The second-order valence-corrected chi connectivity index (χ2v) is 4.99. The molecule has 0 aliphatic heterocycles. The number of imidazole rings is 1. The normalized spacial score (nSPS) is 10.9. The van der Waals surface area contributed by atoms with Crippen LogP contribution in [0.3, 0.4) is 0 Å². The Balaban J connectivity index is 1.88. The third-order valence-electron chi connectivity index (χ3n) is 2.84. The molecule has 0 radical (unpaired) electrons. The summed E-state index contributed by atoms with van der Waals surface area (Å²) in [6, 6.07) is 8.38. The molecule has 96 valence electrons. The summed E-state index contributed by atoms with van der Waals surface area (Å²) in [5.41, 5.74) is 1.27. The van der Waals surface area contributed by atoms with Gasteiger partial charge in [-0.05, 0) is 38.0 Å². The molecule has 0 spiro atoms. The fourth-order valence-electron chi connectivity index (χ4n) is 1.84. The van der Waals surface area contributed by atoms with Crippen molar-refractivity contribution in [1.29, 1.82) is 0 Å². The molecular weight excluding hydrogens is 246 g/mol. The van der Waals surface area contributed by atoms with Crippen LogP contribution in [-0.4, -0.2) is 16.1 Å². The minimum absolute atomic E-state index is 0.422. The molecule has 18 heavy (non-hydrogen) atoms. The summed E-state index contributed by atoms with van der Waals surface area (Å²) in [7, 11) is 0. The molecule has 0 unspecified atom stereocenters. The second kappa shape index (κ2) is 5.91. The van der Waals surface area contributed by atoms with Gasteiger partial charge in [-0.25, -0.2) is 4.98 Å². The lowest BCUT2D eigenvalue weighted by atomic mass is 10.1. The van der Waals surface area contributed by atoms with Crippen LogP contribution in [-0.2, 0) is 6.42 Å². The average molecular weight is 264 g/mol. The minimum atomic E-state index is 0.422. The predicted octanol–water partition coefficient (Wildman–Crippen LogP) is 3.77. The molecule has 1 heterocycles. The van der Waals surface area contributed by atoms with Crippen LogP contribution in [0.4, 0.5) is 5.95 Å². The molecule has 0 amide bonds. The Morgan fingerprint density at radius 3 is 2.67 bits per heavy atom. The molecule has 1 N–H and O–H groups in total. The van der Waals surface area contributed by atoms with Crippen LogP contribution < -0.4 is 5.32 Å². The molecule has 0 saturated carbocycles. The van der Waals surface area contributed by atoms with Gasteiger partial charge in [0.1, 0.15) is 0 Å². The lowest BCUT2D eigenvalue weighted by Crippen LogP contribution is -2.11. The molecular formula is C14H18ClN3. The highest BCUT2D eigenvalue weighted by atomic mass is 35.5. The third kappa shape index (κ3) is 3.26. The van der Waals surface area contributed by atoms with Crippen LogP contribution in [0.1, 0.15) is 25.5 Å². The van der Waals surface area contributed by atoms with E-state index in [1.807, 2.05) is 24.5 Å². The monoisotopic (exact) mass is 263 g/mol. The summed E-state index contributed by atoms with van der Waals surface area (Å²) in [6.07, 6.45) is 4.78. The van der Waals surface area contributed by atoms with Crippen molar-refractivity contribution in [3.05, 3.63) is 47.2 Å². The highest BCUT2D eigenvalue weighted by Crippen LogP contribution is 2.13. The Labute approximate surface area is 113 Å². The largest absolute Gasteiger partial charge is 0.355 e. The first kappa shape index (κ1) is 13.0. The van der Waals surface area contributed by atoms with Crippen LogP contribution >= 0.6 is 11.6 Å². The summed E-state index contributed by atoms with van der Waals surface area (Å²) in [5, 5.41) is 4.14. The van der Waals surface area contributed by atoms with Crippen molar-refractivity contribution in [2.45, 2.75) is 26.3 Å². The third-order valence-corrected chi connectivity index (χ3v) is 3.09. The van der Waals surface area contributed by atoms with Crippen molar-refractivity contribution in [2.75, 3.05) is 11.9 Å². The van der Waals surface area contributed by atoms with Crippen molar-refractivity contribution >= 4 is 17.5 Å². The van der Waals surface area contributed by atoms with Gasteiger partial charge in [0.2, 0.25) is 5.95 Å². The first-order valence-corrected chi connectivity index (χ1v) is 6.56. The van der Waals surface area contributed by atoms with E-state index < -0.39 is 0 Å². The predicted molar refractivity (Wildman–Crippen MR) is 76.3 cm³/mol. The van der Waals surface area contributed by atoms with Gasteiger partial charge in [0.25, 0.3) is 0 Å². The quantitative estimate of drug-likeness (QED) is 0.890. The van der Waals surface area contributed by atoms with Crippen LogP contribution in [0, 0.1) is 0 Å². The average Bonchev–Trinajstić information content (AvgIpc) is 2.80. The Bertz CT molecular complexity index is 488. The van der Waals surface area contributed by atoms with Gasteiger partial charge in [0.05, 0.1) is 0 Å². The van der Waals surface area contributed by atoms with Gasteiger partial charge in [-0.3, -0.25) is 0 Å². The fourth-order valence-corrected chi connectivity index (χ4v) is 1.96. The van der Waals surface area contributed by atoms with E-state index >= 15 is 0 Å². The van der Waals surface area contributed by atoms with Crippen molar-refractivity contribution in [1.82, 2.24) is 9.55 Å². The van der Waals surface area contributed by atoms with E-state index in [0.29, 0.717) is 6.04 Å². The first-order chi connectivity index (χ1) is 8.66. The maximum Gasteiger partial charge on any atom is 0.203 e. The van der Waals surface area contributed by atoms with Crippen molar-refractivity contribution < 1.29 is 0 Å². The van der Waals surface area contributed by atoms with Crippen molar-refractivity contribution in [3.63, 3.8) is 0 Å². The Morgan fingerprint density at radius 2 is 2.00 bits per heavy atom. The molecule has 0 fully saturated rings. The van der Waals surface area contributed by atoms with Crippen molar-refractivity contribution in [2.24, 2.45) is 0 Å². The van der Waals surface area contributed by atoms with Gasteiger partial charge in [0, 0.05) is 30.0 Å². The molecule has 0 saturated heterocycles. The molecule has 0 aliphatic carbocycles. The number of aromatic nitrogens is 2. The number of hydrogen-bond donors (Lipinski definition) is 1. The van der Waals surface area contributed by atoms with E-state index in [1.165, 1.54) is 5.56 Å². The topological polar surface area (TPSA) is 29.9 Å². The molecule has 0 bridgehead atoms. The molecule has 0 atom stereocenters. The lowest BCUT2D eigenvalue weighted by Gasteiger charge is -2.12. The second-order valence-electron chi connectivity index (χ2n) is 4.56. The molecule has 3 nitrogen and oxygen atoms in total. The maximum absolute atomic E-state index is 5.85. The van der Waals surface area contributed by atoms with E-state index in [4.69, 9.17) is 11.6 Å². The standard InChI is InChI=1S/C14H18ClN3/c1-11(2)18-10-9-17-14(18)16-8-7-12-3-5-13(15)6-4-12/h3-6,9-11H,7-8H2,1-2H3,(H,16,17). The Hall–Kier alpha value is -1.48. The fraction of sp³-hybridized carbons (Fsp3) is 0.357. The molecule has 1 aromatic carbocycles. The van der Waals surface area contributed by atoms with Gasteiger partial charge in [-0.2, -0.15) is 0 Å². The highest BCUT2D eigenvalue weighted by molar-refractivity contribution is 6.30. The van der Waals surface area contributed by atoms with Crippen LogP contribution in [0.25, 0.3) is 0 Å². The number of hydrogen-bond acceptors (Lipinski definition) is 2. The number of rotatable bonds is 5. The van der Waals surface area contributed by atoms with Crippen LogP contribution in [0.2, 0.25) is 5.02 Å². The van der Waals surface area contributed by atoms with Gasteiger partial charge < -0.3 is 9.88 Å². The van der Waals surface area contributed by atoms with E-state index in [1.54, 1.807) is 0 Å². The summed E-state index contributed by atoms with van der Waals surface area (Å²) in [5.74, 6) is 0.930.